The molecule has 5 N–H and O–H groups in total. The van der Waals surface area contributed by atoms with Crippen LogP contribution in [-0.4, -0.2) is 32.7 Å². The third kappa shape index (κ3) is 2.61. The van der Waals surface area contributed by atoms with Crippen molar-refractivity contribution in [2.75, 3.05) is 10.7 Å². The number of nitrogens with two attached hydrogens (primary N) is 1. The van der Waals surface area contributed by atoms with E-state index in [2.05, 4.69) is 26.0 Å². The molecule has 1 fully saturated rings. The standard InChI is InChI=1S/C9H11N7O4/c10-15-8-6(16(19)20)7(11-3-12-8)13-4-1-2-5(17)14-9(4)18/h3-4H,1-2,10H2,(H,14,17,18)(H2,11,12,13,15). The van der Waals surface area contributed by atoms with Crippen molar-refractivity contribution in [3.8, 4) is 0 Å². The van der Waals surface area contributed by atoms with Crippen LogP contribution in [0.3, 0.4) is 0 Å². The number of imide groups is 1. The molecular formula is C9H11N7O4. The number of rotatable bonds is 4. The van der Waals surface area contributed by atoms with E-state index in [0.717, 1.165) is 6.33 Å². The van der Waals surface area contributed by atoms with Gasteiger partial charge in [0.1, 0.15) is 12.4 Å². The van der Waals surface area contributed by atoms with Crippen molar-refractivity contribution in [2.45, 2.75) is 18.9 Å². The second-order valence-corrected chi connectivity index (χ2v) is 3.97. The van der Waals surface area contributed by atoms with Crippen LogP contribution in [0.1, 0.15) is 12.8 Å². The van der Waals surface area contributed by atoms with E-state index in [9.17, 15) is 19.7 Å². The average molecular weight is 281 g/mol. The summed E-state index contributed by atoms with van der Waals surface area (Å²) in [6.45, 7) is 0. The van der Waals surface area contributed by atoms with Crippen molar-refractivity contribution in [1.82, 2.24) is 15.3 Å². The van der Waals surface area contributed by atoms with Crippen LogP contribution in [0.5, 0.6) is 0 Å². The molecule has 106 valence electrons. The number of carbonyl (C=O) groups is 2. The van der Waals surface area contributed by atoms with E-state index in [1.54, 1.807) is 0 Å². The summed E-state index contributed by atoms with van der Waals surface area (Å²) in [5, 5.41) is 15.8. The van der Waals surface area contributed by atoms with Gasteiger partial charge in [-0.2, -0.15) is 0 Å². The van der Waals surface area contributed by atoms with Crippen molar-refractivity contribution < 1.29 is 14.5 Å². The molecule has 1 aliphatic heterocycles. The Hall–Kier alpha value is -2.82. The number of nitrogens with one attached hydrogen (secondary N) is 3. The van der Waals surface area contributed by atoms with Crippen molar-refractivity contribution in [1.29, 1.82) is 0 Å². The third-order valence-corrected chi connectivity index (χ3v) is 2.69. The number of hydrogen-bond acceptors (Lipinski definition) is 9. The second kappa shape index (κ2) is 5.44. The summed E-state index contributed by atoms with van der Waals surface area (Å²) in [5.74, 6) is 3.87. The lowest BCUT2D eigenvalue weighted by atomic mass is 10.1. The van der Waals surface area contributed by atoms with Crippen molar-refractivity contribution in [2.24, 2.45) is 5.84 Å². The Morgan fingerprint density at radius 3 is 2.70 bits per heavy atom. The minimum Gasteiger partial charge on any atom is -0.352 e. The summed E-state index contributed by atoms with van der Waals surface area (Å²) in [4.78, 5) is 40.3. The maximum Gasteiger partial charge on any atom is 0.354 e. The average Bonchev–Trinajstić information content (AvgIpc) is 2.41. The quantitative estimate of drug-likeness (QED) is 0.231. The Morgan fingerprint density at radius 2 is 2.10 bits per heavy atom. The molecule has 2 heterocycles. The molecule has 2 amide bonds. The van der Waals surface area contributed by atoms with Gasteiger partial charge in [0.05, 0.1) is 4.92 Å². The van der Waals surface area contributed by atoms with Gasteiger partial charge in [-0.25, -0.2) is 15.8 Å². The zero-order valence-corrected chi connectivity index (χ0v) is 10.1. The predicted octanol–water partition coefficient (Wildman–Crippen LogP) is -1.11. The van der Waals surface area contributed by atoms with Crippen LogP contribution in [0.15, 0.2) is 6.33 Å². The van der Waals surface area contributed by atoms with Crippen LogP contribution < -0.4 is 21.9 Å². The summed E-state index contributed by atoms with van der Waals surface area (Å²) in [5.41, 5.74) is 1.61. The van der Waals surface area contributed by atoms with E-state index in [-0.39, 0.29) is 30.4 Å². The van der Waals surface area contributed by atoms with Crippen molar-refractivity contribution in [3.63, 3.8) is 0 Å². The number of hydrogen-bond donors (Lipinski definition) is 4. The molecule has 0 aromatic carbocycles. The van der Waals surface area contributed by atoms with E-state index in [1.165, 1.54) is 0 Å². The Bertz CT molecular complexity index is 575. The molecule has 20 heavy (non-hydrogen) atoms. The van der Waals surface area contributed by atoms with Gasteiger partial charge in [0.2, 0.25) is 23.5 Å². The maximum atomic E-state index is 11.6. The molecule has 1 unspecified atom stereocenters. The molecule has 1 aromatic rings. The Labute approximate surface area is 112 Å². The zero-order valence-electron chi connectivity index (χ0n) is 10.1. The number of nitrogen functional groups attached to an aromatic ring is 1. The minimum absolute atomic E-state index is 0.143. The molecule has 1 aromatic heterocycles. The predicted molar refractivity (Wildman–Crippen MR) is 66.3 cm³/mol. The summed E-state index contributed by atoms with van der Waals surface area (Å²) < 4.78 is 0. The van der Waals surface area contributed by atoms with Crippen LogP contribution in [-0.2, 0) is 9.59 Å². The summed E-state index contributed by atoms with van der Waals surface area (Å²) in [6.07, 6.45) is 1.43. The summed E-state index contributed by atoms with van der Waals surface area (Å²) >= 11 is 0. The van der Waals surface area contributed by atoms with Gasteiger partial charge in [0.15, 0.2) is 0 Å². The molecule has 0 spiro atoms. The van der Waals surface area contributed by atoms with Gasteiger partial charge < -0.3 is 10.7 Å². The fourth-order valence-corrected chi connectivity index (χ4v) is 1.76. The van der Waals surface area contributed by atoms with Gasteiger partial charge in [-0.05, 0) is 6.42 Å². The lowest BCUT2D eigenvalue weighted by Gasteiger charge is -2.22. The first-order chi connectivity index (χ1) is 9.52. The Kier molecular flexibility index (Phi) is 3.70. The first-order valence-corrected chi connectivity index (χ1v) is 5.59. The van der Waals surface area contributed by atoms with Gasteiger partial charge in [-0.1, -0.05) is 0 Å². The number of hydrazine groups is 1. The first kappa shape index (κ1) is 13.6. The number of amides is 2. The van der Waals surface area contributed by atoms with Crippen molar-refractivity contribution >= 4 is 29.1 Å². The SMILES string of the molecule is NNc1ncnc(NC2CCC(=O)NC2=O)c1[N+](=O)[O-]. The van der Waals surface area contributed by atoms with Crippen LogP contribution in [0.2, 0.25) is 0 Å². The largest absolute Gasteiger partial charge is 0.354 e. The molecule has 0 bridgehead atoms. The molecule has 1 atom stereocenters. The van der Waals surface area contributed by atoms with Gasteiger partial charge >= 0.3 is 5.69 Å². The van der Waals surface area contributed by atoms with Crippen LogP contribution in [0, 0.1) is 10.1 Å². The van der Waals surface area contributed by atoms with E-state index >= 15 is 0 Å². The Morgan fingerprint density at radius 1 is 1.40 bits per heavy atom. The molecule has 11 nitrogen and oxygen atoms in total. The molecule has 1 aliphatic rings. The highest BCUT2D eigenvalue weighted by Crippen LogP contribution is 2.29. The van der Waals surface area contributed by atoms with E-state index < -0.39 is 22.6 Å². The minimum atomic E-state index is -0.785. The molecule has 0 aliphatic carbocycles. The topological polar surface area (TPSA) is 165 Å². The number of anilines is 2. The normalized spacial score (nSPS) is 18.4. The van der Waals surface area contributed by atoms with E-state index in [0.29, 0.717) is 0 Å². The monoisotopic (exact) mass is 281 g/mol. The zero-order chi connectivity index (χ0) is 14.7. The Balaban J connectivity index is 2.27. The maximum absolute atomic E-state index is 11.6. The fourth-order valence-electron chi connectivity index (χ4n) is 1.76. The smallest absolute Gasteiger partial charge is 0.352 e. The molecule has 1 saturated heterocycles. The molecule has 11 heteroatoms. The van der Waals surface area contributed by atoms with Gasteiger partial charge in [0, 0.05) is 6.42 Å². The summed E-state index contributed by atoms with van der Waals surface area (Å²) in [7, 11) is 0. The van der Waals surface area contributed by atoms with Crippen LogP contribution in [0.4, 0.5) is 17.3 Å². The number of nitrogens with zero attached hydrogens (tertiary/aromatic N) is 3. The molecule has 2 rings (SSSR count). The van der Waals surface area contributed by atoms with Gasteiger partial charge in [0.25, 0.3) is 0 Å². The molecule has 0 saturated carbocycles. The van der Waals surface area contributed by atoms with Crippen LogP contribution >= 0.6 is 0 Å². The molecular weight excluding hydrogens is 270 g/mol. The highest BCUT2D eigenvalue weighted by molar-refractivity contribution is 6.01. The van der Waals surface area contributed by atoms with Crippen LogP contribution in [0.25, 0.3) is 0 Å². The number of carbonyl (C=O) groups excluding carboxylic acids is 2. The summed E-state index contributed by atoms with van der Waals surface area (Å²) in [6, 6.07) is -0.785. The second-order valence-electron chi connectivity index (χ2n) is 3.97. The van der Waals surface area contributed by atoms with Crippen molar-refractivity contribution in [3.05, 3.63) is 16.4 Å². The van der Waals surface area contributed by atoms with E-state index in [1.807, 2.05) is 0 Å². The third-order valence-electron chi connectivity index (χ3n) is 2.69. The van der Waals surface area contributed by atoms with Gasteiger partial charge in [-0.3, -0.25) is 25.0 Å². The lowest BCUT2D eigenvalue weighted by Crippen LogP contribution is -2.47. The van der Waals surface area contributed by atoms with Gasteiger partial charge in [-0.15, -0.1) is 0 Å². The molecule has 0 radical (unpaired) electrons. The number of nitro groups is 1. The lowest BCUT2D eigenvalue weighted by molar-refractivity contribution is -0.383. The van der Waals surface area contributed by atoms with E-state index in [4.69, 9.17) is 5.84 Å². The first-order valence-electron chi connectivity index (χ1n) is 5.59. The number of aromatic nitrogens is 2. The highest BCUT2D eigenvalue weighted by atomic mass is 16.6. The highest BCUT2D eigenvalue weighted by Gasteiger charge is 2.30. The fraction of sp³-hybridized carbons (Fsp3) is 0.333. The number of piperidine rings is 1.